The molecule has 1 aliphatic heterocycles. The maximum absolute atomic E-state index is 15.1. The fourth-order valence-electron chi connectivity index (χ4n) is 4.74. The number of thiazole rings is 1. The van der Waals surface area contributed by atoms with Gasteiger partial charge in [0.15, 0.2) is 0 Å². The van der Waals surface area contributed by atoms with Crippen molar-refractivity contribution in [3.05, 3.63) is 95.5 Å². The van der Waals surface area contributed by atoms with Gasteiger partial charge in [-0.1, -0.05) is 59.9 Å². The second-order valence-electron chi connectivity index (χ2n) is 8.98. The van der Waals surface area contributed by atoms with Gasteiger partial charge in [-0.15, -0.1) is 12.4 Å². The number of likely N-dealkylation sites (tertiary alicyclic amines) is 1. The summed E-state index contributed by atoms with van der Waals surface area (Å²) in [5, 5.41) is 9.79. The molecule has 178 valence electrons. The highest BCUT2D eigenvalue weighted by atomic mass is 35.5. The molecule has 0 radical (unpaired) electrons. The van der Waals surface area contributed by atoms with E-state index < -0.39 is 5.97 Å². The number of pyridine rings is 1. The molecule has 6 rings (SSSR count). The topological polar surface area (TPSA) is 66.3 Å². The van der Waals surface area contributed by atoms with Crippen LogP contribution in [0, 0.1) is 11.7 Å². The molecule has 4 aromatic rings. The smallest absolute Gasteiger partial charge is 0.307 e. The highest BCUT2D eigenvalue weighted by Gasteiger charge is 2.39. The summed E-state index contributed by atoms with van der Waals surface area (Å²) in [6, 6.07) is 19.4. The molecule has 1 fully saturated rings. The number of nitrogens with zero attached hydrogens (tertiary/aromatic N) is 3. The van der Waals surface area contributed by atoms with Crippen LogP contribution in [-0.2, 0) is 16.8 Å². The zero-order valence-corrected chi connectivity index (χ0v) is 20.4. The lowest BCUT2D eigenvalue weighted by atomic mass is 9.89. The third kappa shape index (κ3) is 4.35. The number of carboxylic acid groups (broad SMARTS) is 1. The second kappa shape index (κ2) is 9.15. The number of hydrogen-bond donors (Lipinski definition) is 1. The van der Waals surface area contributed by atoms with E-state index in [1.165, 1.54) is 23.0 Å². The van der Waals surface area contributed by atoms with Crippen LogP contribution in [0.3, 0.4) is 0 Å². The Kier molecular flexibility index (Phi) is 6.17. The summed E-state index contributed by atoms with van der Waals surface area (Å²) in [4.78, 5) is 23.6. The zero-order chi connectivity index (χ0) is 23.3. The Morgan fingerprint density at radius 3 is 2.60 bits per heavy atom. The van der Waals surface area contributed by atoms with E-state index in [1.54, 1.807) is 6.07 Å². The maximum Gasteiger partial charge on any atom is 0.307 e. The van der Waals surface area contributed by atoms with E-state index >= 15 is 4.39 Å². The Morgan fingerprint density at radius 2 is 1.91 bits per heavy atom. The summed E-state index contributed by atoms with van der Waals surface area (Å²) < 4.78 is 15.1. The molecule has 0 bridgehead atoms. The van der Waals surface area contributed by atoms with Gasteiger partial charge >= 0.3 is 5.97 Å². The van der Waals surface area contributed by atoms with Crippen LogP contribution in [0.15, 0.2) is 72.8 Å². The van der Waals surface area contributed by atoms with E-state index in [0.29, 0.717) is 36.6 Å². The van der Waals surface area contributed by atoms with E-state index in [2.05, 4.69) is 34.2 Å². The molecule has 0 saturated carbocycles. The summed E-state index contributed by atoms with van der Waals surface area (Å²) in [6.07, 6.45) is 4.93. The van der Waals surface area contributed by atoms with Crippen LogP contribution >= 0.6 is 23.7 Å². The predicted octanol–water partition coefficient (Wildman–Crippen LogP) is 5.68. The number of aliphatic carboxylic acids is 1. The minimum absolute atomic E-state index is 0. The van der Waals surface area contributed by atoms with Crippen LogP contribution in [-0.4, -0.2) is 39.0 Å². The van der Waals surface area contributed by atoms with Crippen molar-refractivity contribution in [2.75, 3.05) is 13.1 Å². The van der Waals surface area contributed by atoms with Crippen molar-refractivity contribution in [1.82, 2.24) is 14.9 Å². The van der Waals surface area contributed by atoms with Crippen LogP contribution in [0.2, 0.25) is 0 Å². The third-order valence-electron chi connectivity index (χ3n) is 6.72. The van der Waals surface area contributed by atoms with Gasteiger partial charge in [-0.25, -0.2) is 14.4 Å². The molecule has 2 aliphatic rings. The Morgan fingerprint density at radius 1 is 1.11 bits per heavy atom. The number of halogens is 2. The average Bonchev–Trinajstić information content (AvgIpc) is 3.32. The fraction of sp³-hybridized carbons (Fsp3) is 0.222. The van der Waals surface area contributed by atoms with Crippen LogP contribution < -0.4 is 0 Å². The van der Waals surface area contributed by atoms with E-state index in [-0.39, 0.29) is 29.6 Å². The van der Waals surface area contributed by atoms with Gasteiger partial charge in [0.2, 0.25) is 0 Å². The normalized spacial score (nSPS) is 18.5. The van der Waals surface area contributed by atoms with Crippen molar-refractivity contribution in [1.29, 1.82) is 0 Å². The molecular weight excluding hydrogens is 485 g/mol. The largest absolute Gasteiger partial charge is 0.481 e. The minimum atomic E-state index is -0.760. The molecule has 1 unspecified atom stereocenters. The molecule has 1 atom stereocenters. The van der Waals surface area contributed by atoms with Gasteiger partial charge in [-0.3, -0.25) is 9.69 Å². The molecule has 1 N–H and O–H groups in total. The molecule has 3 heterocycles. The summed E-state index contributed by atoms with van der Waals surface area (Å²) in [5.41, 5.74) is 3.91. The lowest BCUT2D eigenvalue weighted by Crippen LogP contribution is -2.22. The lowest BCUT2D eigenvalue weighted by molar-refractivity contribution is -0.141. The second-order valence-corrected chi connectivity index (χ2v) is 9.96. The minimum Gasteiger partial charge on any atom is -0.481 e. The summed E-state index contributed by atoms with van der Waals surface area (Å²) in [7, 11) is 0. The Balaban J connectivity index is 0.00000253. The number of rotatable bonds is 6. The summed E-state index contributed by atoms with van der Waals surface area (Å²) in [6.45, 7) is 1.76. The first-order chi connectivity index (χ1) is 16.5. The van der Waals surface area contributed by atoms with Crippen molar-refractivity contribution in [2.45, 2.75) is 18.4 Å². The average molecular weight is 508 g/mol. The van der Waals surface area contributed by atoms with Gasteiger partial charge in [0, 0.05) is 18.7 Å². The van der Waals surface area contributed by atoms with Crippen molar-refractivity contribution >= 4 is 40.1 Å². The molecule has 1 aliphatic carbocycles. The molecule has 2 aromatic heterocycles. The number of allylic oxidation sites excluding steroid dienone is 2. The fourth-order valence-corrected chi connectivity index (χ4v) is 5.70. The van der Waals surface area contributed by atoms with E-state index in [4.69, 9.17) is 4.98 Å². The highest BCUT2D eigenvalue weighted by molar-refractivity contribution is 7.21. The molecule has 35 heavy (non-hydrogen) atoms. The quantitative estimate of drug-likeness (QED) is 0.340. The van der Waals surface area contributed by atoms with Crippen LogP contribution in [0.4, 0.5) is 4.39 Å². The maximum atomic E-state index is 15.1. The Bertz CT molecular complexity index is 1430. The number of benzene rings is 2. The van der Waals surface area contributed by atoms with E-state index in [1.807, 2.05) is 36.4 Å². The molecule has 8 heteroatoms. The van der Waals surface area contributed by atoms with E-state index in [9.17, 15) is 9.90 Å². The van der Waals surface area contributed by atoms with Gasteiger partial charge in [0.1, 0.15) is 21.2 Å². The number of carboxylic acids is 1. The highest BCUT2D eigenvalue weighted by Crippen LogP contribution is 2.45. The monoisotopic (exact) mass is 507 g/mol. The van der Waals surface area contributed by atoms with Gasteiger partial charge in [0.05, 0.1) is 17.0 Å². The molecule has 0 spiro atoms. The lowest BCUT2D eigenvalue weighted by Gasteiger charge is -2.15. The molecule has 0 amide bonds. The molecule has 5 nitrogen and oxygen atoms in total. The number of fused-ring (bicyclic) bond motifs is 1. The van der Waals surface area contributed by atoms with Crippen LogP contribution in [0.1, 0.15) is 23.2 Å². The molecular formula is C27H23ClFN3O2S. The number of aromatic nitrogens is 2. The van der Waals surface area contributed by atoms with Crippen LogP contribution in [0.5, 0.6) is 0 Å². The number of carbonyl (C=O) groups is 1. The van der Waals surface area contributed by atoms with Crippen LogP contribution in [0.25, 0.3) is 20.9 Å². The predicted molar refractivity (Wildman–Crippen MR) is 137 cm³/mol. The Labute approximate surface area is 212 Å². The van der Waals surface area contributed by atoms with Gasteiger partial charge in [-0.05, 0) is 48.4 Å². The van der Waals surface area contributed by atoms with Crippen molar-refractivity contribution in [3.8, 4) is 10.6 Å². The van der Waals surface area contributed by atoms with Gasteiger partial charge in [0.25, 0.3) is 0 Å². The zero-order valence-electron chi connectivity index (χ0n) is 18.7. The Hall–Kier alpha value is -3.13. The van der Waals surface area contributed by atoms with Gasteiger partial charge in [-0.2, -0.15) is 0 Å². The number of hydrogen-bond acceptors (Lipinski definition) is 5. The SMILES string of the molecule is Cl.O=C(O)C1CCN(Cc2ccc(-c3nc4ccc(C5(c6ccccc6)C=C5)nc4s3)c(F)c2)C1. The molecule has 2 aromatic carbocycles. The van der Waals surface area contributed by atoms with Crippen molar-refractivity contribution in [3.63, 3.8) is 0 Å². The summed E-state index contributed by atoms with van der Waals surface area (Å²) in [5.74, 6) is -1.42. The molecule has 1 saturated heterocycles. The third-order valence-corrected chi connectivity index (χ3v) is 7.72. The standard InChI is InChI=1S/C27H22FN3O2S.ClH/c28-21-14-17(15-31-13-10-18(16-31)26(32)33)6-7-20(21)24-29-22-8-9-23(30-25(22)34-24)27(11-12-27)19-4-2-1-3-5-19;/h1-9,11-12,14,18H,10,13,15-16H2,(H,32,33);1H. The first-order valence-electron chi connectivity index (χ1n) is 11.3. The van der Waals surface area contributed by atoms with E-state index in [0.717, 1.165) is 21.6 Å². The van der Waals surface area contributed by atoms with Crippen molar-refractivity contribution in [2.24, 2.45) is 5.92 Å². The summed E-state index contributed by atoms with van der Waals surface area (Å²) >= 11 is 1.39. The van der Waals surface area contributed by atoms with Gasteiger partial charge < -0.3 is 5.11 Å². The van der Waals surface area contributed by atoms with Crippen molar-refractivity contribution < 1.29 is 14.3 Å². The first kappa shape index (κ1) is 23.6. The first-order valence-corrected chi connectivity index (χ1v) is 12.1.